The molecule has 3 nitrogen and oxygen atoms in total. The number of carbonyl (C=O) groups excluding carboxylic acids is 1. The second kappa shape index (κ2) is 7.64. The first-order valence-electron chi connectivity index (χ1n) is 7.42. The first kappa shape index (κ1) is 16.1. The van der Waals surface area contributed by atoms with Crippen molar-refractivity contribution < 1.29 is 14.3 Å². The minimum Gasteiger partial charge on any atom is -0.493 e. The van der Waals surface area contributed by atoms with Gasteiger partial charge in [0.2, 0.25) is 0 Å². The van der Waals surface area contributed by atoms with Gasteiger partial charge in [-0.3, -0.25) is 4.79 Å². The minimum absolute atomic E-state index is 0.125. The van der Waals surface area contributed by atoms with Crippen LogP contribution in [0.1, 0.15) is 30.4 Å². The number of rotatable bonds is 7. The third-order valence-electron chi connectivity index (χ3n) is 3.87. The Kier molecular flexibility index (Phi) is 5.59. The normalized spacial score (nSPS) is 11.8. The van der Waals surface area contributed by atoms with Gasteiger partial charge in [-0.1, -0.05) is 36.4 Å². The Balaban J connectivity index is 2.19. The SMILES string of the molecule is COc1ccc(C(CCc2ccccc2)C(C)=O)cc1OC. The Morgan fingerprint density at radius 3 is 2.27 bits per heavy atom. The van der Waals surface area contributed by atoms with Crippen LogP contribution in [0, 0.1) is 0 Å². The van der Waals surface area contributed by atoms with Crippen molar-refractivity contribution in [2.75, 3.05) is 14.2 Å². The van der Waals surface area contributed by atoms with Gasteiger partial charge in [0.25, 0.3) is 0 Å². The van der Waals surface area contributed by atoms with Gasteiger partial charge in [-0.2, -0.15) is 0 Å². The second-order valence-electron chi connectivity index (χ2n) is 5.30. The number of ketones is 1. The highest BCUT2D eigenvalue weighted by Gasteiger charge is 2.18. The van der Waals surface area contributed by atoms with E-state index < -0.39 is 0 Å². The summed E-state index contributed by atoms with van der Waals surface area (Å²) >= 11 is 0. The van der Waals surface area contributed by atoms with Crippen molar-refractivity contribution in [2.45, 2.75) is 25.7 Å². The van der Waals surface area contributed by atoms with Crippen molar-refractivity contribution in [1.29, 1.82) is 0 Å². The molecule has 0 aliphatic rings. The Labute approximate surface area is 131 Å². The van der Waals surface area contributed by atoms with E-state index in [1.165, 1.54) is 5.56 Å². The Bertz CT molecular complexity index is 620. The number of hydrogen-bond acceptors (Lipinski definition) is 3. The fourth-order valence-electron chi connectivity index (χ4n) is 2.63. The summed E-state index contributed by atoms with van der Waals surface area (Å²) < 4.78 is 10.6. The van der Waals surface area contributed by atoms with Gasteiger partial charge in [-0.25, -0.2) is 0 Å². The van der Waals surface area contributed by atoms with Crippen molar-refractivity contribution in [2.24, 2.45) is 0 Å². The fraction of sp³-hybridized carbons (Fsp3) is 0.316. The smallest absolute Gasteiger partial charge is 0.161 e. The quantitative estimate of drug-likeness (QED) is 0.775. The summed E-state index contributed by atoms with van der Waals surface area (Å²) in [5.74, 6) is 1.38. The monoisotopic (exact) mass is 298 g/mol. The molecule has 0 spiro atoms. The van der Waals surface area contributed by atoms with Crippen molar-refractivity contribution in [1.82, 2.24) is 0 Å². The van der Waals surface area contributed by atoms with E-state index >= 15 is 0 Å². The van der Waals surface area contributed by atoms with E-state index in [1.54, 1.807) is 21.1 Å². The van der Waals surface area contributed by atoms with Gasteiger partial charge in [-0.05, 0) is 43.0 Å². The van der Waals surface area contributed by atoms with E-state index in [-0.39, 0.29) is 11.7 Å². The first-order valence-corrected chi connectivity index (χ1v) is 7.42. The molecule has 0 N–H and O–H groups in total. The van der Waals surface area contributed by atoms with Crippen LogP contribution in [0.5, 0.6) is 11.5 Å². The molecular formula is C19H22O3. The summed E-state index contributed by atoms with van der Waals surface area (Å²) in [7, 11) is 3.21. The summed E-state index contributed by atoms with van der Waals surface area (Å²) in [5.41, 5.74) is 2.22. The van der Waals surface area contributed by atoms with Gasteiger partial charge in [0.05, 0.1) is 14.2 Å². The van der Waals surface area contributed by atoms with Crippen LogP contribution in [-0.4, -0.2) is 20.0 Å². The van der Waals surface area contributed by atoms with Crippen LogP contribution in [0.15, 0.2) is 48.5 Å². The molecule has 0 radical (unpaired) electrons. The zero-order chi connectivity index (χ0) is 15.9. The molecule has 0 heterocycles. The van der Waals surface area contributed by atoms with Gasteiger partial charge in [0.1, 0.15) is 5.78 Å². The number of Topliss-reactive ketones (excluding diaryl/α,β-unsaturated/α-hetero) is 1. The van der Waals surface area contributed by atoms with Gasteiger partial charge >= 0.3 is 0 Å². The van der Waals surface area contributed by atoms with Crippen LogP contribution in [0.25, 0.3) is 0 Å². The van der Waals surface area contributed by atoms with E-state index in [9.17, 15) is 4.79 Å². The lowest BCUT2D eigenvalue weighted by Gasteiger charge is -2.16. The summed E-state index contributed by atoms with van der Waals surface area (Å²) in [6.45, 7) is 1.65. The van der Waals surface area contributed by atoms with Crippen LogP contribution in [-0.2, 0) is 11.2 Å². The molecule has 3 heteroatoms. The summed E-state index contributed by atoms with van der Waals surface area (Å²) in [6, 6.07) is 15.9. The average molecular weight is 298 g/mol. The third-order valence-corrected chi connectivity index (χ3v) is 3.87. The molecule has 1 atom stereocenters. The Hall–Kier alpha value is -2.29. The number of carbonyl (C=O) groups is 1. The molecule has 0 aromatic heterocycles. The standard InChI is InChI=1S/C19H22O3/c1-14(20)17(11-9-15-7-5-4-6-8-15)16-10-12-18(21-2)19(13-16)22-3/h4-8,10,12-13,17H,9,11H2,1-3H3. The topological polar surface area (TPSA) is 35.5 Å². The number of aryl methyl sites for hydroxylation is 1. The molecule has 2 aromatic rings. The van der Waals surface area contributed by atoms with Crippen LogP contribution in [0.3, 0.4) is 0 Å². The minimum atomic E-state index is -0.125. The molecule has 0 aliphatic carbocycles. The molecule has 0 amide bonds. The molecule has 0 aliphatic heterocycles. The third kappa shape index (κ3) is 3.88. The molecule has 1 unspecified atom stereocenters. The number of hydrogen-bond donors (Lipinski definition) is 0. The van der Waals surface area contributed by atoms with Gasteiger partial charge in [0.15, 0.2) is 11.5 Å². The molecular weight excluding hydrogens is 276 g/mol. The number of ether oxygens (including phenoxy) is 2. The maximum Gasteiger partial charge on any atom is 0.161 e. The highest BCUT2D eigenvalue weighted by molar-refractivity contribution is 5.83. The van der Waals surface area contributed by atoms with Gasteiger partial charge < -0.3 is 9.47 Å². The molecule has 2 aromatic carbocycles. The zero-order valence-electron chi connectivity index (χ0n) is 13.3. The molecule has 22 heavy (non-hydrogen) atoms. The van der Waals surface area contributed by atoms with Gasteiger partial charge in [0, 0.05) is 5.92 Å². The summed E-state index contributed by atoms with van der Waals surface area (Å²) in [5, 5.41) is 0. The maximum absolute atomic E-state index is 12.0. The Morgan fingerprint density at radius 2 is 1.68 bits per heavy atom. The fourth-order valence-corrected chi connectivity index (χ4v) is 2.63. The Morgan fingerprint density at radius 1 is 1.00 bits per heavy atom. The lowest BCUT2D eigenvalue weighted by molar-refractivity contribution is -0.118. The van der Waals surface area contributed by atoms with E-state index in [0.717, 1.165) is 18.4 Å². The van der Waals surface area contributed by atoms with Crippen molar-refractivity contribution in [3.05, 3.63) is 59.7 Å². The molecule has 2 rings (SSSR count). The lowest BCUT2D eigenvalue weighted by atomic mass is 9.89. The van der Waals surface area contributed by atoms with Crippen molar-refractivity contribution >= 4 is 5.78 Å². The zero-order valence-corrected chi connectivity index (χ0v) is 13.3. The molecule has 116 valence electrons. The van der Waals surface area contributed by atoms with Crippen molar-refractivity contribution in [3.63, 3.8) is 0 Å². The molecule has 0 bridgehead atoms. The largest absolute Gasteiger partial charge is 0.493 e. The second-order valence-corrected chi connectivity index (χ2v) is 5.30. The molecule has 0 fully saturated rings. The average Bonchev–Trinajstić information content (AvgIpc) is 2.55. The van der Waals surface area contributed by atoms with Gasteiger partial charge in [-0.15, -0.1) is 0 Å². The van der Waals surface area contributed by atoms with Crippen LogP contribution < -0.4 is 9.47 Å². The number of methoxy groups -OCH3 is 2. The van der Waals surface area contributed by atoms with Crippen LogP contribution >= 0.6 is 0 Å². The van der Waals surface area contributed by atoms with E-state index in [4.69, 9.17) is 9.47 Å². The first-order chi connectivity index (χ1) is 10.7. The summed E-state index contributed by atoms with van der Waals surface area (Å²) in [4.78, 5) is 12.0. The highest BCUT2D eigenvalue weighted by Crippen LogP contribution is 2.32. The van der Waals surface area contributed by atoms with E-state index in [0.29, 0.717) is 11.5 Å². The predicted molar refractivity (Wildman–Crippen MR) is 87.7 cm³/mol. The highest BCUT2D eigenvalue weighted by atomic mass is 16.5. The molecule has 0 saturated heterocycles. The van der Waals surface area contributed by atoms with E-state index in [2.05, 4.69) is 12.1 Å². The maximum atomic E-state index is 12.0. The summed E-state index contributed by atoms with van der Waals surface area (Å²) in [6.07, 6.45) is 1.66. The molecule has 0 saturated carbocycles. The van der Waals surface area contributed by atoms with Crippen molar-refractivity contribution in [3.8, 4) is 11.5 Å². The predicted octanol–water partition coefficient (Wildman–Crippen LogP) is 4.01. The lowest BCUT2D eigenvalue weighted by Crippen LogP contribution is -2.10. The number of benzene rings is 2. The van der Waals surface area contributed by atoms with Crippen LogP contribution in [0.4, 0.5) is 0 Å². The van der Waals surface area contributed by atoms with Crippen LogP contribution in [0.2, 0.25) is 0 Å². The van der Waals surface area contributed by atoms with E-state index in [1.807, 2.05) is 36.4 Å².